The van der Waals surface area contributed by atoms with Gasteiger partial charge in [-0.25, -0.2) is 0 Å². The van der Waals surface area contributed by atoms with Crippen LogP contribution in [0.3, 0.4) is 0 Å². The van der Waals surface area contributed by atoms with E-state index >= 15 is 0 Å². The Morgan fingerprint density at radius 2 is 0.548 bits per heavy atom. The molecule has 0 amide bonds. The molecule has 0 aliphatic heterocycles. The number of nitrogens with zero attached hydrogens (tertiary/aromatic N) is 1. The van der Waals surface area contributed by atoms with E-state index in [1.54, 1.807) is 0 Å². The molecule has 0 unspecified atom stereocenters. The number of hydrogen-bond donors (Lipinski definition) is 0. The Labute approximate surface area is 250 Å². The summed E-state index contributed by atoms with van der Waals surface area (Å²) >= 11 is 0. The smallest absolute Gasteiger partial charge is 0.0462 e. The molecule has 0 bridgehead atoms. The summed E-state index contributed by atoms with van der Waals surface area (Å²) in [5.41, 5.74) is 14.9. The van der Waals surface area contributed by atoms with Crippen molar-refractivity contribution >= 4 is 17.1 Å². The summed E-state index contributed by atoms with van der Waals surface area (Å²) in [6.45, 7) is 8.55. The van der Waals surface area contributed by atoms with E-state index in [1.165, 1.54) is 50.1 Å². The molecule has 0 aliphatic carbocycles. The van der Waals surface area contributed by atoms with Gasteiger partial charge in [0.1, 0.15) is 0 Å². The minimum absolute atomic E-state index is 0.195. The number of rotatable bonds is 7. The van der Waals surface area contributed by atoms with Gasteiger partial charge in [-0.2, -0.15) is 0 Å². The average Bonchev–Trinajstić information content (AvgIpc) is 3.02. The van der Waals surface area contributed by atoms with E-state index in [9.17, 15) is 0 Å². The van der Waals surface area contributed by atoms with Gasteiger partial charge in [0, 0.05) is 23.0 Å². The van der Waals surface area contributed by atoms with E-state index in [2.05, 4.69) is 178 Å². The standard InChI is InChI=1S/C41H37N/c1-29-5-13-35(14-6-29)41(36-15-7-30(2)8-16-36)37-19-17-33(18-20-37)34-21-27-40(28-22-34)42(38-23-9-31(3)10-24-38)39-25-11-32(4)12-26-39/h5-28,41H,1-4H3. The van der Waals surface area contributed by atoms with Gasteiger partial charge in [-0.1, -0.05) is 131 Å². The van der Waals surface area contributed by atoms with E-state index in [4.69, 9.17) is 0 Å². The third kappa shape index (κ3) is 5.92. The van der Waals surface area contributed by atoms with Crippen LogP contribution in [0.15, 0.2) is 146 Å². The zero-order valence-electron chi connectivity index (χ0n) is 24.9. The minimum atomic E-state index is 0.195. The second kappa shape index (κ2) is 11.9. The highest BCUT2D eigenvalue weighted by molar-refractivity contribution is 5.78. The molecular formula is C41H37N. The quantitative estimate of drug-likeness (QED) is 0.181. The monoisotopic (exact) mass is 543 g/mol. The summed E-state index contributed by atoms with van der Waals surface area (Å²) in [5.74, 6) is 0.195. The van der Waals surface area contributed by atoms with Crippen molar-refractivity contribution in [2.24, 2.45) is 0 Å². The van der Waals surface area contributed by atoms with E-state index in [-0.39, 0.29) is 5.92 Å². The van der Waals surface area contributed by atoms with E-state index in [1.807, 2.05) is 0 Å². The van der Waals surface area contributed by atoms with Crippen LogP contribution in [0, 0.1) is 27.7 Å². The number of anilines is 3. The first kappa shape index (κ1) is 27.3. The molecule has 6 aromatic rings. The van der Waals surface area contributed by atoms with Crippen molar-refractivity contribution in [3.63, 3.8) is 0 Å². The fourth-order valence-electron chi connectivity index (χ4n) is 5.60. The molecule has 0 atom stereocenters. The lowest BCUT2D eigenvalue weighted by Gasteiger charge is -2.26. The van der Waals surface area contributed by atoms with Crippen molar-refractivity contribution in [1.29, 1.82) is 0 Å². The van der Waals surface area contributed by atoms with E-state index < -0.39 is 0 Å². The van der Waals surface area contributed by atoms with Gasteiger partial charge in [0.05, 0.1) is 0 Å². The van der Waals surface area contributed by atoms with Crippen molar-refractivity contribution < 1.29 is 0 Å². The highest BCUT2D eigenvalue weighted by atomic mass is 15.1. The van der Waals surface area contributed by atoms with Crippen LogP contribution in [0.1, 0.15) is 44.9 Å². The summed E-state index contributed by atoms with van der Waals surface area (Å²) in [6.07, 6.45) is 0. The summed E-state index contributed by atoms with van der Waals surface area (Å²) in [7, 11) is 0. The lowest BCUT2D eigenvalue weighted by Crippen LogP contribution is -2.09. The van der Waals surface area contributed by atoms with Gasteiger partial charge in [-0.05, 0) is 91.9 Å². The molecule has 1 nitrogen and oxygen atoms in total. The molecule has 0 saturated carbocycles. The zero-order valence-corrected chi connectivity index (χ0v) is 24.9. The Morgan fingerprint density at radius 1 is 0.310 bits per heavy atom. The summed E-state index contributed by atoms with van der Waals surface area (Å²) in [6, 6.07) is 53.4. The van der Waals surface area contributed by atoms with Crippen LogP contribution < -0.4 is 4.90 Å². The molecule has 0 aliphatic rings. The van der Waals surface area contributed by atoms with Crippen molar-refractivity contribution in [2.45, 2.75) is 33.6 Å². The molecule has 0 saturated heterocycles. The lowest BCUT2D eigenvalue weighted by molar-refractivity contribution is 0.975. The summed E-state index contributed by atoms with van der Waals surface area (Å²) in [5, 5.41) is 0. The van der Waals surface area contributed by atoms with Crippen LogP contribution in [0.4, 0.5) is 17.1 Å². The SMILES string of the molecule is Cc1ccc(C(c2ccc(C)cc2)c2ccc(-c3ccc(N(c4ccc(C)cc4)c4ccc(C)cc4)cc3)cc2)cc1. The molecule has 0 spiro atoms. The summed E-state index contributed by atoms with van der Waals surface area (Å²) < 4.78 is 0. The molecule has 6 rings (SSSR count). The largest absolute Gasteiger partial charge is 0.311 e. The fraction of sp³-hybridized carbons (Fsp3) is 0.122. The average molecular weight is 544 g/mol. The number of aryl methyl sites for hydroxylation is 4. The number of benzene rings is 6. The molecule has 0 heterocycles. The molecule has 0 aromatic heterocycles. The normalized spacial score (nSPS) is 11.1. The Hall–Kier alpha value is -4.88. The highest BCUT2D eigenvalue weighted by Crippen LogP contribution is 2.37. The van der Waals surface area contributed by atoms with E-state index in [0.717, 1.165) is 17.1 Å². The maximum atomic E-state index is 2.32. The van der Waals surface area contributed by atoms with Crippen LogP contribution in [-0.4, -0.2) is 0 Å². The first-order chi connectivity index (χ1) is 20.4. The molecule has 0 radical (unpaired) electrons. The third-order valence-corrected chi connectivity index (χ3v) is 8.11. The van der Waals surface area contributed by atoms with Gasteiger partial charge in [0.15, 0.2) is 0 Å². The van der Waals surface area contributed by atoms with Crippen molar-refractivity contribution in [1.82, 2.24) is 0 Å². The maximum Gasteiger partial charge on any atom is 0.0462 e. The molecule has 206 valence electrons. The second-order valence-corrected chi connectivity index (χ2v) is 11.4. The molecule has 42 heavy (non-hydrogen) atoms. The highest BCUT2D eigenvalue weighted by Gasteiger charge is 2.17. The molecular weight excluding hydrogens is 506 g/mol. The Bertz CT molecular complexity index is 1520. The predicted octanol–water partition coefficient (Wildman–Crippen LogP) is 11.2. The van der Waals surface area contributed by atoms with Crippen molar-refractivity contribution in [2.75, 3.05) is 4.90 Å². The number of hydrogen-bond acceptors (Lipinski definition) is 1. The first-order valence-electron chi connectivity index (χ1n) is 14.7. The molecule has 1 heteroatoms. The van der Waals surface area contributed by atoms with Gasteiger partial charge >= 0.3 is 0 Å². The van der Waals surface area contributed by atoms with Crippen LogP contribution in [0.2, 0.25) is 0 Å². The summed E-state index contributed by atoms with van der Waals surface area (Å²) in [4.78, 5) is 2.32. The zero-order chi connectivity index (χ0) is 29.1. The predicted molar refractivity (Wildman–Crippen MR) is 179 cm³/mol. The Balaban J connectivity index is 1.31. The van der Waals surface area contributed by atoms with Crippen LogP contribution in [-0.2, 0) is 0 Å². The topological polar surface area (TPSA) is 3.24 Å². The van der Waals surface area contributed by atoms with Crippen LogP contribution >= 0.6 is 0 Å². The van der Waals surface area contributed by atoms with Crippen LogP contribution in [0.25, 0.3) is 11.1 Å². The maximum absolute atomic E-state index is 2.32. The van der Waals surface area contributed by atoms with Crippen LogP contribution in [0.5, 0.6) is 0 Å². The van der Waals surface area contributed by atoms with Gasteiger partial charge in [0.25, 0.3) is 0 Å². The third-order valence-electron chi connectivity index (χ3n) is 8.11. The lowest BCUT2D eigenvalue weighted by atomic mass is 9.84. The van der Waals surface area contributed by atoms with Gasteiger partial charge in [0.2, 0.25) is 0 Å². The van der Waals surface area contributed by atoms with Crippen molar-refractivity contribution in [3.05, 3.63) is 185 Å². The van der Waals surface area contributed by atoms with Gasteiger partial charge in [-0.3, -0.25) is 0 Å². The molecule has 0 N–H and O–H groups in total. The molecule has 0 fully saturated rings. The second-order valence-electron chi connectivity index (χ2n) is 11.4. The van der Waals surface area contributed by atoms with E-state index in [0.29, 0.717) is 0 Å². The van der Waals surface area contributed by atoms with Gasteiger partial charge in [-0.15, -0.1) is 0 Å². The fourth-order valence-corrected chi connectivity index (χ4v) is 5.60. The Morgan fingerprint density at radius 3 is 0.881 bits per heavy atom. The first-order valence-corrected chi connectivity index (χ1v) is 14.7. The molecule has 6 aromatic carbocycles. The van der Waals surface area contributed by atoms with Crippen molar-refractivity contribution in [3.8, 4) is 11.1 Å². The Kier molecular flexibility index (Phi) is 7.75. The minimum Gasteiger partial charge on any atom is -0.311 e. The van der Waals surface area contributed by atoms with Gasteiger partial charge < -0.3 is 4.90 Å².